The number of aryl methyl sites for hydroxylation is 1. The maximum atomic E-state index is 14.2. The van der Waals surface area contributed by atoms with Crippen LogP contribution in [0.5, 0.6) is 0 Å². The molecule has 1 N–H and O–H groups in total. The van der Waals surface area contributed by atoms with Crippen molar-refractivity contribution in [2.45, 2.75) is 45.2 Å². The van der Waals surface area contributed by atoms with E-state index in [0.717, 1.165) is 41.5 Å². The Morgan fingerprint density at radius 3 is 2.41 bits per heavy atom. The van der Waals surface area contributed by atoms with Crippen molar-refractivity contribution in [3.8, 4) is 0 Å². The van der Waals surface area contributed by atoms with Crippen molar-refractivity contribution >= 4 is 21.6 Å². The predicted molar refractivity (Wildman–Crippen MR) is 153 cm³/mol. The molecule has 1 aliphatic carbocycles. The van der Waals surface area contributed by atoms with E-state index in [9.17, 15) is 18.0 Å². The zero-order valence-corrected chi connectivity index (χ0v) is 23.3. The predicted octanol–water partition coefficient (Wildman–Crippen LogP) is 3.57. The molecule has 0 bridgehead atoms. The van der Waals surface area contributed by atoms with Gasteiger partial charge in [-0.3, -0.25) is 18.8 Å². The lowest BCUT2D eigenvalue weighted by Crippen LogP contribution is -2.41. The monoisotopic (exact) mass is 548 g/mol. The summed E-state index contributed by atoms with van der Waals surface area (Å²) in [4.78, 5) is 34.0. The van der Waals surface area contributed by atoms with Crippen molar-refractivity contribution in [2.24, 2.45) is 0 Å². The van der Waals surface area contributed by atoms with Crippen LogP contribution in [0.4, 0.5) is 5.69 Å². The molecule has 0 saturated carbocycles. The lowest BCUT2D eigenvalue weighted by molar-refractivity contribution is 0.0716. The summed E-state index contributed by atoms with van der Waals surface area (Å²) < 4.78 is 27.3. The quantitative estimate of drug-likeness (QED) is 0.538. The molecule has 2 heterocycles. The third-order valence-electron chi connectivity index (χ3n) is 7.71. The summed E-state index contributed by atoms with van der Waals surface area (Å²) in [5.74, 6) is -0.297. The molecular weight excluding hydrogens is 512 g/mol. The maximum absolute atomic E-state index is 14.2. The molecule has 0 atom stereocenters. The van der Waals surface area contributed by atoms with Gasteiger partial charge in [-0.15, -0.1) is 0 Å². The number of anilines is 1. The molecule has 5 rings (SSSR count). The van der Waals surface area contributed by atoms with Crippen LogP contribution < -0.4 is 9.86 Å². The summed E-state index contributed by atoms with van der Waals surface area (Å²) in [6.07, 6.45) is 7.18. The van der Waals surface area contributed by atoms with E-state index < -0.39 is 10.0 Å². The minimum absolute atomic E-state index is 0.212. The van der Waals surface area contributed by atoms with E-state index in [4.69, 9.17) is 0 Å². The number of carbonyl (C=O) groups excluding carboxylic acids is 1. The molecule has 39 heavy (non-hydrogen) atoms. The number of aromatic amines is 1. The van der Waals surface area contributed by atoms with Gasteiger partial charge in [0.2, 0.25) is 10.0 Å². The van der Waals surface area contributed by atoms with Crippen LogP contribution in [-0.2, 0) is 36.0 Å². The zero-order valence-electron chi connectivity index (χ0n) is 22.4. The number of rotatable bonds is 4. The first-order chi connectivity index (χ1) is 18.8. The third kappa shape index (κ3) is 6.25. The van der Waals surface area contributed by atoms with Crippen molar-refractivity contribution in [3.63, 3.8) is 0 Å². The van der Waals surface area contributed by atoms with Gasteiger partial charge in [0.25, 0.3) is 11.5 Å². The van der Waals surface area contributed by atoms with Gasteiger partial charge in [0.1, 0.15) is 5.56 Å². The Morgan fingerprint density at radius 2 is 1.62 bits per heavy atom. The van der Waals surface area contributed by atoms with Gasteiger partial charge in [-0.1, -0.05) is 48.5 Å². The summed E-state index contributed by atoms with van der Waals surface area (Å²) >= 11 is 0. The van der Waals surface area contributed by atoms with Crippen LogP contribution in [0.2, 0.25) is 0 Å². The molecule has 0 unspecified atom stereocenters. The number of para-hydroxylation sites is 1. The van der Waals surface area contributed by atoms with E-state index in [-0.39, 0.29) is 23.6 Å². The van der Waals surface area contributed by atoms with Crippen LogP contribution in [-0.4, -0.2) is 61.5 Å². The van der Waals surface area contributed by atoms with Crippen molar-refractivity contribution in [1.82, 2.24) is 14.8 Å². The number of H-pyrrole nitrogens is 1. The van der Waals surface area contributed by atoms with Crippen LogP contribution in [0.3, 0.4) is 0 Å². The van der Waals surface area contributed by atoms with Crippen LogP contribution in [0.15, 0.2) is 65.6 Å². The van der Waals surface area contributed by atoms with Gasteiger partial charge in [0.05, 0.1) is 11.9 Å². The number of fused-ring (bicyclic) bond motifs is 2. The normalized spacial score (nSPS) is 17.2. The Bertz CT molecular complexity index is 1490. The van der Waals surface area contributed by atoms with Gasteiger partial charge >= 0.3 is 0 Å². The molecule has 0 saturated heterocycles. The molecule has 1 aromatic heterocycles. The van der Waals surface area contributed by atoms with Gasteiger partial charge < -0.3 is 9.88 Å². The topological polar surface area (TPSA) is 93.8 Å². The number of pyridine rings is 1. The first-order valence-corrected chi connectivity index (χ1v) is 15.5. The average Bonchev–Trinajstić information content (AvgIpc) is 2.96. The highest BCUT2D eigenvalue weighted by Crippen LogP contribution is 2.27. The molecule has 9 heteroatoms. The van der Waals surface area contributed by atoms with Gasteiger partial charge in [0.15, 0.2) is 0 Å². The van der Waals surface area contributed by atoms with Crippen LogP contribution in [0.25, 0.3) is 0 Å². The standard InChI is InChI=1S/C30H36N4O4S/c1-39(37,38)34-17-9-16-32(21-23-10-3-2-4-11-23)18-19-33(22-25-13-6-8-15-27(25)34)30(36)28-26-14-7-5-12-24(26)20-31-29(28)35/h2-4,6,8,10-11,13,15,20H,5,7,9,12,14,16-19,21-22H2,1H3,(H,31,35). The lowest BCUT2D eigenvalue weighted by Gasteiger charge is -2.29. The molecule has 0 radical (unpaired) electrons. The highest BCUT2D eigenvalue weighted by Gasteiger charge is 2.28. The fourth-order valence-electron chi connectivity index (χ4n) is 5.74. The molecule has 1 amide bonds. The van der Waals surface area contributed by atoms with Crippen molar-refractivity contribution in [2.75, 3.05) is 36.7 Å². The molecule has 1 aliphatic heterocycles. The second-order valence-electron chi connectivity index (χ2n) is 10.5. The Kier molecular flexibility index (Phi) is 8.18. The molecule has 3 aromatic rings. The van der Waals surface area contributed by atoms with Crippen molar-refractivity contribution < 1.29 is 13.2 Å². The summed E-state index contributed by atoms with van der Waals surface area (Å²) in [5.41, 5.74) is 4.25. The molecule has 2 aliphatic rings. The summed E-state index contributed by atoms with van der Waals surface area (Å²) in [7, 11) is -3.55. The van der Waals surface area contributed by atoms with E-state index >= 15 is 0 Å². The maximum Gasteiger partial charge on any atom is 0.261 e. The van der Waals surface area contributed by atoms with Crippen molar-refractivity contribution in [1.29, 1.82) is 0 Å². The minimum Gasteiger partial charge on any atom is -0.333 e. The number of hydrogen-bond donors (Lipinski definition) is 1. The van der Waals surface area contributed by atoms with Gasteiger partial charge in [0, 0.05) is 45.5 Å². The SMILES string of the molecule is CS(=O)(=O)N1CCCN(Cc2ccccc2)CCN(C(=O)c2c3c(c[nH]c2=O)CCCC3)Cc2ccccc21. The summed E-state index contributed by atoms with van der Waals surface area (Å²) in [5, 5.41) is 0. The molecule has 206 valence electrons. The number of hydrogen-bond acceptors (Lipinski definition) is 5. The highest BCUT2D eigenvalue weighted by molar-refractivity contribution is 7.92. The third-order valence-corrected chi connectivity index (χ3v) is 8.89. The van der Waals surface area contributed by atoms with E-state index in [1.807, 2.05) is 36.4 Å². The van der Waals surface area contributed by atoms with Crippen LogP contribution in [0.1, 0.15) is 51.9 Å². The lowest BCUT2D eigenvalue weighted by atomic mass is 9.89. The Hall–Kier alpha value is -3.43. The molecule has 8 nitrogen and oxygen atoms in total. The average molecular weight is 549 g/mol. The van der Waals surface area contributed by atoms with Gasteiger partial charge in [-0.25, -0.2) is 8.42 Å². The minimum atomic E-state index is -3.55. The number of benzene rings is 2. The van der Waals surface area contributed by atoms with Crippen LogP contribution >= 0.6 is 0 Å². The zero-order chi connectivity index (χ0) is 27.4. The molecular formula is C30H36N4O4S. The Balaban J connectivity index is 1.54. The first-order valence-electron chi connectivity index (χ1n) is 13.7. The van der Waals surface area contributed by atoms with Gasteiger partial charge in [-0.2, -0.15) is 0 Å². The van der Waals surface area contributed by atoms with E-state index in [2.05, 4.69) is 22.0 Å². The number of nitrogens with zero attached hydrogens (tertiary/aromatic N) is 3. The molecule has 0 spiro atoms. The fourth-order valence-corrected chi connectivity index (χ4v) is 6.74. The molecule has 2 aromatic carbocycles. The van der Waals surface area contributed by atoms with Crippen molar-refractivity contribution in [3.05, 3.63) is 99.0 Å². The number of carbonyl (C=O) groups is 1. The number of amides is 1. The second-order valence-corrected chi connectivity index (χ2v) is 12.4. The first kappa shape index (κ1) is 27.1. The number of aromatic nitrogens is 1. The highest BCUT2D eigenvalue weighted by atomic mass is 32.2. The summed E-state index contributed by atoms with van der Waals surface area (Å²) in [6.45, 7) is 2.95. The largest absolute Gasteiger partial charge is 0.333 e. The number of nitrogens with one attached hydrogen (secondary N) is 1. The smallest absolute Gasteiger partial charge is 0.261 e. The summed E-state index contributed by atoms with van der Waals surface area (Å²) in [6, 6.07) is 17.5. The molecule has 0 fully saturated rings. The van der Waals surface area contributed by atoms with E-state index in [0.29, 0.717) is 51.3 Å². The van der Waals surface area contributed by atoms with E-state index in [1.165, 1.54) is 10.6 Å². The second kappa shape index (κ2) is 11.8. The Morgan fingerprint density at radius 1 is 0.872 bits per heavy atom. The Labute approximate surface area is 230 Å². The van der Waals surface area contributed by atoms with Crippen LogP contribution in [0, 0.1) is 0 Å². The number of sulfonamides is 1. The van der Waals surface area contributed by atoms with Gasteiger partial charge in [-0.05, 0) is 60.4 Å². The van der Waals surface area contributed by atoms with E-state index in [1.54, 1.807) is 17.2 Å². The fraction of sp³-hybridized carbons (Fsp3) is 0.400.